The summed E-state index contributed by atoms with van der Waals surface area (Å²) in [6.07, 6.45) is -5.05. The summed E-state index contributed by atoms with van der Waals surface area (Å²) in [5.41, 5.74) is 0.450. The van der Waals surface area contributed by atoms with Crippen molar-refractivity contribution in [3.63, 3.8) is 0 Å². The van der Waals surface area contributed by atoms with E-state index in [0.717, 1.165) is 11.1 Å². The van der Waals surface area contributed by atoms with Crippen molar-refractivity contribution in [1.29, 1.82) is 0 Å². The summed E-state index contributed by atoms with van der Waals surface area (Å²) in [5, 5.41) is 1.06. The number of anilines is 2. The Labute approximate surface area is 193 Å². The van der Waals surface area contributed by atoms with Crippen LogP contribution >= 0.6 is 0 Å². The van der Waals surface area contributed by atoms with E-state index in [0.29, 0.717) is 0 Å². The predicted molar refractivity (Wildman–Crippen MR) is 111 cm³/mol. The Morgan fingerprint density at radius 3 is 2.65 bits per heavy atom. The van der Waals surface area contributed by atoms with Crippen LogP contribution in [0, 0.1) is 5.82 Å². The third-order valence-corrected chi connectivity index (χ3v) is 5.27. The second kappa shape index (κ2) is 11.2. The number of hydrogen-bond donors (Lipinski definition) is 0. The lowest BCUT2D eigenvalue weighted by Crippen LogP contribution is -2.37. The molecule has 2 aliphatic heterocycles. The number of hydroxylamine groups is 2. The first-order valence-corrected chi connectivity index (χ1v) is 10.6. The number of nitrogens with zero attached hydrogens (tertiary/aromatic N) is 3. The molecule has 3 rings (SSSR count). The van der Waals surface area contributed by atoms with Gasteiger partial charge in [-0.15, -0.1) is 0 Å². The number of alkyl halides is 2. The van der Waals surface area contributed by atoms with Crippen molar-refractivity contribution in [2.45, 2.75) is 32.3 Å². The number of ether oxygens (including phenoxy) is 2. The normalized spacial score (nSPS) is 18.7. The van der Waals surface area contributed by atoms with Gasteiger partial charge in [0.25, 0.3) is 12.3 Å². The molecule has 0 spiro atoms. The van der Waals surface area contributed by atoms with E-state index < -0.39 is 55.1 Å². The Hall–Kier alpha value is -3.35. The largest absolute Gasteiger partial charge is 0.456 e. The Morgan fingerprint density at radius 2 is 1.97 bits per heavy atom. The van der Waals surface area contributed by atoms with E-state index >= 15 is 0 Å². The number of halogens is 3. The third-order valence-electron chi connectivity index (χ3n) is 5.27. The molecule has 0 radical (unpaired) electrons. The lowest BCUT2D eigenvalue weighted by atomic mass is 10.1. The molecular weight excluding hydrogens is 463 g/mol. The van der Waals surface area contributed by atoms with Crippen molar-refractivity contribution < 1.29 is 46.7 Å². The van der Waals surface area contributed by atoms with Gasteiger partial charge in [0.05, 0.1) is 31.1 Å². The van der Waals surface area contributed by atoms with Gasteiger partial charge in [0.1, 0.15) is 11.9 Å². The molecule has 186 valence electrons. The van der Waals surface area contributed by atoms with Gasteiger partial charge in [-0.05, 0) is 24.6 Å². The summed E-state index contributed by atoms with van der Waals surface area (Å²) in [4.78, 5) is 54.4. The average Bonchev–Trinajstić information content (AvgIpc) is 3.00. The molecule has 13 heteroatoms. The van der Waals surface area contributed by atoms with Gasteiger partial charge in [-0.1, -0.05) is 0 Å². The molecule has 0 bridgehead atoms. The molecule has 2 amide bonds. The summed E-state index contributed by atoms with van der Waals surface area (Å²) < 4.78 is 49.4. The predicted octanol–water partition coefficient (Wildman–Crippen LogP) is 1.91. The lowest BCUT2D eigenvalue weighted by molar-refractivity contribution is -0.187. The fourth-order valence-corrected chi connectivity index (χ4v) is 3.54. The summed E-state index contributed by atoms with van der Waals surface area (Å²) in [6, 6.07) is 4.14. The average molecular weight is 487 g/mol. The van der Waals surface area contributed by atoms with E-state index in [2.05, 4.69) is 4.74 Å². The van der Waals surface area contributed by atoms with Crippen LogP contribution < -0.4 is 9.80 Å². The Balaban J connectivity index is 1.59. The zero-order chi connectivity index (χ0) is 24.8. The highest BCUT2D eigenvalue weighted by molar-refractivity contribution is 5.90. The van der Waals surface area contributed by atoms with E-state index in [1.807, 2.05) is 0 Å². The van der Waals surface area contributed by atoms with Crippen LogP contribution in [0.15, 0.2) is 18.2 Å². The number of amides is 2. The highest BCUT2D eigenvalue weighted by Gasteiger charge is 2.33. The molecule has 0 aromatic heterocycles. The number of esters is 1. The lowest BCUT2D eigenvalue weighted by Gasteiger charge is -2.24. The van der Waals surface area contributed by atoms with Crippen LogP contribution in [0.25, 0.3) is 0 Å². The molecule has 2 fully saturated rings. The number of rotatable bonds is 8. The van der Waals surface area contributed by atoms with Crippen LogP contribution in [0.2, 0.25) is 0 Å². The van der Waals surface area contributed by atoms with Crippen LogP contribution in [-0.2, 0) is 28.7 Å². The SMILES string of the molecule is CC(=O)OCC(=O)N1CCN(c2ccc(N3C[C@H](CCC(=O)C(F)F)OC3=O)cc2F)CCO1. The molecule has 2 aliphatic rings. The maximum Gasteiger partial charge on any atom is 0.414 e. The van der Waals surface area contributed by atoms with Crippen molar-refractivity contribution in [2.24, 2.45) is 0 Å². The molecule has 2 saturated heterocycles. The summed E-state index contributed by atoms with van der Waals surface area (Å²) in [7, 11) is 0. The number of benzene rings is 1. The van der Waals surface area contributed by atoms with Gasteiger partial charge >= 0.3 is 12.1 Å². The Bertz CT molecular complexity index is 946. The van der Waals surface area contributed by atoms with Gasteiger partial charge in [0, 0.05) is 26.4 Å². The van der Waals surface area contributed by atoms with Gasteiger partial charge in [0.15, 0.2) is 12.4 Å². The molecule has 1 aromatic carbocycles. The summed E-state index contributed by atoms with van der Waals surface area (Å²) >= 11 is 0. The molecular formula is C21H24F3N3O7. The van der Waals surface area contributed by atoms with E-state index in [9.17, 15) is 32.3 Å². The van der Waals surface area contributed by atoms with E-state index in [1.165, 1.54) is 24.0 Å². The fourth-order valence-electron chi connectivity index (χ4n) is 3.54. The van der Waals surface area contributed by atoms with Crippen LogP contribution in [0.1, 0.15) is 19.8 Å². The second-order valence-corrected chi connectivity index (χ2v) is 7.65. The second-order valence-electron chi connectivity index (χ2n) is 7.65. The number of carbonyl (C=O) groups excluding carboxylic acids is 4. The molecule has 0 unspecified atom stereocenters. The van der Waals surface area contributed by atoms with Crippen LogP contribution in [0.5, 0.6) is 0 Å². The van der Waals surface area contributed by atoms with Gasteiger partial charge in [-0.2, -0.15) is 0 Å². The molecule has 0 saturated carbocycles. The van der Waals surface area contributed by atoms with E-state index in [-0.39, 0.29) is 50.6 Å². The number of Topliss-reactive ketones (excluding diaryl/α,β-unsaturated/α-hetero) is 1. The van der Waals surface area contributed by atoms with Crippen LogP contribution in [0.3, 0.4) is 0 Å². The molecule has 2 heterocycles. The molecule has 1 aromatic rings. The number of hydrogen-bond acceptors (Lipinski definition) is 8. The highest BCUT2D eigenvalue weighted by Crippen LogP contribution is 2.29. The first-order valence-electron chi connectivity index (χ1n) is 10.6. The Kier molecular flexibility index (Phi) is 8.31. The molecule has 0 N–H and O–H groups in total. The standard InChI is InChI=1S/C21H24F3N3O7/c1-13(28)32-12-19(30)27-7-6-25(8-9-33-27)17-4-2-14(10-16(17)22)26-11-15(34-21(26)31)3-5-18(29)20(23)24/h2,4,10,15,20H,3,5-9,11-12H2,1H3/t15-/m0/s1. The molecule has 0 aliphatic carbocycles. The smallest absolute Gasteiger partial charge is 0.414 e. The van der Waals surface area contributed by atoms with Crippen LogP contribution in [0.4, 0.5) is 29.3 Å². The highest BCUT2D eigenvalue weighted by atomic mass is 19.3. The number of carbonyl (C=O) groups is 4. The minimum absolute atomic E-state index is 0.00506. The first kappa shape index (κ1) is 25.3. The number of cyclic esters (lactones) is 1. The van der Waals surface area contributed by atoms with Gasteiger partial charge < -0.3 is 14.4 Å². The quantitative estimate of drug-likeness (QED) is 0.512. The maximum atomic E-state index is 14.9. The van der Waals surface area contributed by atoms with Gasteiger partial charge in [0.2, 0.25) is 0 Å². The van der Waals surface area contributed by atoms with Crippen molar-refractivity contribution in [3.8, 4) is 0 Å². The first-order chi connectivity index (χ1) is 16.2. The summed E-state index contributed by atoms with van der Waals surface area (Å²) in [6.45, 7) is 1.45. The minimum Gasteiger partial charge on any atom is -0.456 e. The van der Waals surface area contributed by atoms with E-state index in [4.69, 9.17) is 9.57 Å². The topological polar surface area (TPSA) is 106 Å². The Morgan fingerprint density at radius 1 is 1.21 bits per heavy atom. The zero-order valence-corrected chi connectivity index (χ0v) is 18.4. The van der Waals surface area contributed by atoms with E-state index in [1.54, 1.807) is 4.90 Å². The van der Waals surface area contributed by atoms with Crippen molar-refractivity contribution >= 4 is 35.1 Å². The minimum atomic E-state index is -3.07. The molecule has 34 heavy (non-hydrogen) atoms. The molecule has 10 nitrogen and oxygen atoms in total. The maximum absolute atomic E-state index is 14.9. The zero-order valence-electron chi connectivity index (χ0n) is 18.4. The summed E-state index contributed by atoms with van der Waals surface area (Å²) in [5.74, 6) is -2.98. The molecule has 1 atom stereocenters. The van der Waals surface area contributed by atoms with Crippen molar-refractivity contribution in [2.75, 3.05) is 49.2 Å². The number of ketones is 1. The monoisotopic (exact) mass is 487 g/mol. The third kappa shape index (κ3) is 6.37. The van der Waals surface area contributed by atoms with Crippen LogP contribution in [-0.4, -0.2) is 80.7 Å². The fraction of sp³-hybridized carbons (Fsp3) is 0.524. The van der Waals surface area contributed by atoms with Gasteiger partial charge in [-0.3, -0.25) is 24.1 Å². The van der Waals surface area contributed by atoms with Crippen molar-refractivity contribution in [3.05, 3.63) is 24.0 Å². The van der Waals surface area contributed by atoms with Crippen molar-refractivity contribution in [1.82, 2.24) is 5.06 Å². The van der Waals surface area contributed by atoms with Gasteiger partial charge in [-0.25, -0.2) is 23.0 Å².